The van der Waals surface area contributed by atoms with Gasteiger partial charge in [-0.25, -0.2) is 0 Å². The smallest absolute Gasteiger partial charge is 0.239 e. The average Bonchev–Trinajstić information content (AvgIpc) is 2.26. The van der Waals surface area contributed by atoms with E-state index in [1.54, 1.807) is 0 Å². The largest absolute Gasteiger partial charge is 0.338 e. The first-order valence-electron chi connectivity index (χ1n) is 5.76. The molecule has 0 aromatic heterocycles. The van der Waals surface area contributed by atoms with E-state index >= 15 is 0 Å². The fourth-order valence-electron chi connectivity index (χ4n) is 2.10. The molecule has 0 saturated carbocycles. The van der Waals surface area contributed by atoms with Crippen LogP contribution in [0, 0.1) is 0 Å². The highest BCUT2D eigenvalue weighted by atomic mass is 16.2. The zero-order valence-corrected chi connectivity index (χ0v) is 9.33. The number of likely N-dealkylation sites (tertiary alicyclic amines) is 1. The molecule has 1 unspecified atom stereocenters. The van der Waals surface area contributed by atoms with E-state index in [-0.39, 0.29) is 11.9 Å². The van der Waals surface area contributed by atoms with E-state index in [2.05, 4.69) is 6.92 Å². The zero-order valence-electron chi connectivity index (χ0n) is 9.33. The van der Waals surface area contributed by atoms with E-state index < -0.39 is 0 Å². The second kappa shape index (κ2) is 5.35. The van der Waals surface area contributed by atoms with Crippen molar-refractivity contribution in [3.63, 3.8) is 0 Å². The van der Waals surface area contributed by atoms with Crippen molar-refractivity contribution in [2.75, 3.05) is 6.54 Å². The topological polar surface area (TPSA) is 46.3 Å². The van der Waals surface area contributed by atoms with E-state index in [0.717, 1.165) is 32.2 Å². The number of amides is 1. The van der Waals surface area contributed by atoms with Crippen molar-refractivity contribution >= 4 is 5.91 Å². The number of piperidine rings is 1. The molecule has 1 amide bonds. The maximum Gasteiger partial charge on any atom is 0.239 e. The Labute approximate surface area is 86.6 Å². The molecule has 2 atom stereocenters. The van der Waals surface area contributed by atoms with Gasteiger partial charge >= 0.3 is 0 Å². The van der Waals surface area contributed by atoms with Crippen LogP contribution in [0.4, 0.5) is 0 Å². The van der Waals surface area contributed by atoms with Gasteiger partial charge in [-0.05, 0) is 32.1 Å². The molecular weight excluding hydrogens is 176 g/mol. The normalized spacial score (nSPS) is 24.8. The Bertz CT molecular complexity index is 194. The second-order valence-electron chi connectivity index (χ2n) is 4.10. The molecule has 82 valence electrons. The number of carbonyl (C=O) groups is 1. The van der Waals surface area contributed by atoms with E-state index in [1.807, 2.05) is 11.8 Å². The molecular formula is C11H22N2O. The second-order valence-corrected chi connectivity index (χ2v) is 4.10. The molecule has 3 nitrogen and oxygen atoms in total. The number of carbonyl (C=O) groups excluding carboxylic acids is 1. The summed E-state index contributed by atoms with van der Waals surface area (Å²) in [5.74, 6) is 0.152. The van der Waals surface area contributed by atoms with Crippen LogP contribution in [0.3, 0.4) is 0 Å². The third-order valence-corrected chi connectivity index (χ3v) is 3.14. The van der Waals surface area contributed by atoms with Gasteiger partial charge in [-0.2, -0.15) is 0 Å². The van der Waals surface area contributed by atoms with E-state index in [0.29, 0.717) is 6.04 Å². The van der Waals surface area contributed by atoms with E-state index in [1.165, 1.54) is 6.42 Å². The van der Waals surface area contributed by atoms with Gasteiger partial charge in [0.1, 0.15) is 0 Å². The van der Waals surface area contributed by atoms with Gasteiger partial charge in [0.15, 0.2) is 0 Å². The molecule has 1 aliphatic heterocycles. The summed E-state index contributed by atoms with van der Waals surface area (Å²) >= 11 is 0. The predicted molar refractivity (Wildman–Crippen MR) is 57.9 cm³/mol. The van der Waals surface area contributed by atoms with Crippen LogP contribution in [0.25, 0.3) is 0 Å². The standard InChI is InChI=1S/C11H22N2O/c1-3-9-7-5-6-8-13(9)11(14)10(12)4-2/h9-10H,3-8,12H2,1-2H3/t9?,10-/m1/s1. The Morgan fingerprint density at radius 3 is 2.79 bits per heavy atom. The van der Waals surface area contributed by atoms with Crippen molar-refractivity contribution in [3.8, 4) is 0 Å². The summed E-state index contributed by atoms with van der Waals surface area (Å²) in [5.41, 5.74) is 5.77. The molecule has 1 fully saturated rings. The maximum atomic E-state index is 11.9. The van der Waals surface area contributed by atoms with Crippen molar-refractivity contribution in [2.45, 2.75) is 58.0 Å². The van der Waals surface area contributed by atoms with Gasteiger partial charge in [-0.3, -0.25) is 4.79 Å². The van der Waals surface area contributed by atoms with Crippen LogP contribution < -0.4 is 5.73 Å². The quantitative estimate of drug-likeness (QED) is 0.747. The molecule has 1 aliphatic rings. The predicted octanol–water partition coefficient (Wildman–Crippen LogP) is 1.51. The summed E-state index contributed by atoms with van der Waals surface area (Å²) in [5, 5.41) is 0. The molecule has 0 aromatic carbocycles. The van der Waals surface area contributed by atoms with Gasteiger partial charge in [-0.15, -0.1) is 0 Å². The Kier molecular flexibility index (Phi) is 4.39. The van der Waals surface area contributed by atoms with Gasteiger partial charge < -0.3 is 10.6 Å². The minimum atomic E-state index is -0.290. The van der Waals surface area contributed by atoms with Gasteiger partial charge in [0.05, 0.1) is 6.04 Å². The van der Waals surface area contributed by atoms with Crippen molar-refractivity contribution in [2.24, 2.45) is 5.73 Å². The highest BCUT2D eigenvalue weighted by Gasteiger charge is 2.27. The fraction of sp³-hybridized carbons (Fsp3) is 0.909. The molecule has 2 N–H and O–H groups in total. The fourth-order valence-corrected chi connectivity index (χ4v) is 2.10. The molecule has 1 heterocycles. The highest BCUT2D eigenvalue weighted by Crippen LogP contribution is 2.20. The number of hydrogen-bond donors (Lipinski definition) is 1. The molecule has 14 heavy (non-hydrogen) atoms. The molecule has 0 aromatic rings. The molecule has 1 rings (SSSR count). The Balaban J connectivity index is 2.58. The van der Waals surface area contributed by atoms with Crippen molar-refractivity contribution < 1.29 is 4.79 Å². The average molecular weight is 198 g/mol. The molecule has 0 aliphatic carbocycles. The number of nitrogens with two attached hydrogens (primary N) is 1. The lowest BCUT2D eigenvalue weighted by atomic mass is 9.99. The van der Waals surface area contributed by atoms with Crippen LogP contribution in [0.1, 0.15) is 46.0 Å². The van der Waals surface area contributed by atoms with Gasteiger partial charge in [0.25, 0.3) is 0 Å². The molecule has 1 saturated heterocycles. The summed E-state index contributed by atoms with van der Waals surface area (Å²) in [6, 6.07) is 0.149. The van der Waals surface area contributed by atoms with Crippen LogP contribution >= 0.6 is 0 Å². The van der Waals surface area contributed by atoms with E-state index in [4.69, 9.17) is 5.73 Å². The molecule has 0 radical (unpaired) electrons. The van der Waals surface area contributed by atoms with E-state index in [9.17, 15) is 4.79 Å². The minimum Gasteiger partial charge on any atom is -0.338 e. The lowest BCUT2D eigenvalue weighted by Gasteiger charge is -2.36. The Morgan fingerprint density at radius 2 is 2.21 bits per heavy atom. The highest BCUT2D eigenvalue weighted by molar-refractivity contribution is 5.81. The molecule has 0 bridgehead atoms. The van der Waals surface area contributed by atoms with Crippen LogP contribution in [0.5, 0.6) is 0 Å². The van der Waals surface area contributed by atoms with Gasteiger partial charge in [-0.1, -0.05) is 13.8 Å². The van der Waals surface area contributed by atoms with Crippen LogP contribution in [-0.2, 0) is 4.79 Å². The third kappa shape index (κ3) is 2.47. The summed E-state index contributed by atoms with van der Waals surface area (Å²) in [4.78, 5) is 13.9. The first-order chi connectivity index (χ1) is 6.70. The number of nitrogens with zero attached hydrogens (tertiary/aromatic N) is 1. The minimum absolute atomic E-state index is 0.152. The maximum absolute atomic E-state index is 11.9. The van der Waals surface area contributed by atoms with Crippen LogP contribution in [0.15, 0.2) is 0 Å². The SMILES string of the molecule is CCC1CCCCN1C(=O)[C@H](N)CC. The summed E-state index contributed by atoms with van der Waals surface area (Å²) in [7, 11) is 0. The van der Waals surface area contributed by atoms with Gasteiger partial charge in [0.2, 0.25) is 5.91 Å². The zero-order chi connectivity index (χ0) is 10.6. The van der Waals surface area contributed by atoms with Crippen molar-refractivity contribution in [1.82, 2.24) is 4.90 Å². The lowest BCUT2D eigenvalue weighted by molar-refractivity contribution is -0.136. The lowest BCUT2D eigenvalue weighted by Crippen LogP contribution is -2.50. The van der Waals surface area contributed by atoms with Crippen LogP contribution in [0.2, 0.25) is 0 Å². The number of hydrogen-bond acceptors (Lipinski definition) is 2. The molecule has 3 heteroatoms. The summed E-state index contributed by atoms with van der Waals surface area (Å²) < 4.78 is 0. The van der Waals surface area contributed by atoms with Gasteiger partial charge in [0, 0.05) is 12.6 Å². The van der Waals surface area contributed by atoms with Crippen molar-refractivity contribution in [1.29, 1.82) is 0 Å². The van der Waals surface area contributed by atoms with Crippen molar-refractivity contribution in [3.05, 3.63) is 0 Å². The van der Waals surface area contributed by atoms with Crippen LogP contribution in [-0.4, -0.2) is 29.4 Å². The Hall–Kier alpha value is -0.570. The monoisotopic (exact) mass is 198 g/mol. The number of rotatable bonds is 3. The summed E-state index contributed by atoms with van der Waals surface area (Å²) in [6.07, 6.45) is 5.34. The Morgan fingerprint density at radius 1 is 1.50 bits per heavy atom. The third-order valence-electron chi connectivity index (χ3n) is 3.14. The molecule has 0 spiro atoms. The summed E-state index contributed by atoms with van der Waals surface area (Å²) in [6.45, 7) is 5.02. The first kappa shape index (κ1) is 11.5. The first-order valence-corrected chi connectivity index (χ1v) is 5.76.